The van der Waals surface area contributed by atoms with E-state index in [2.05, 4.69) is 104 Å². The predicted molar refractivity (Wildman–Crippen MR) is 123 cm³/mol. The summed E-state index contributed by atoms with van der Waals surface area (Å²) < 4.78 is 3.94. The summed E-state index contributed by atoms with van der Waals surface area (Å²) in [7, 11) is 0. The van der Waals surface area contributed by atoms with E-state index < -0.39 is 0 Å². The number of rotatable bonds is 8. The third kappa shape index (κ3) is 51.8. The minimum absolute atomic E-state index is 0.0440. The van der Waals surface area contributed by atoms with Gasteiger partial charge in [-0.1, -0.05) is 54.4 Å². The molecule has 0 bridgehead atoms. The third-order valence-electron chi connectivity index (χ3n) is 2.96. The molecule has 0 unspecified atom stereocenters. The Bertz CT molecular complexity index is 290. The van der Waals surface area contributed by atoms with Crippen LogP contribution in [0.2, 0.25) is 0 Å². The van der Waals surface area contributed by atoms with Crippen LogP contribution in [-0.2, 0) is 19.6 Å². The first-order valence-electron chi connectivity index (χ1n) is 10.1. The molecule has 0 fully saturated rings. The van der Waals surface area contributed by atoms with Crippen molar-refractivity contribution in [1.82, 2.24) is 0 Å². The van der Waals surface area contributed by atoms with Gasteiger partial charge in [-0.2, -0.15) is 41.5 Å². The zero-order valence-corrected chi connectivity index (χ0v) is 23.7. The molecule has 0 saturated heterocycles. The van der Waals surface area contributed by atoms with Crippen LogP contribution in [0, 0.1) is 11.8 Å². The van der Waals surface area contributed by atoms with Crippen molar-refractivity contribution in [3.63, 3.8) is 0 Å². The molecule has 0 saturated carbocycles. The van der Waals surface area contributed by atoms with E-state index in [4.69, 9.17) is 0 Å². The van der Waals surface area contributed by atoms with Crippen LogP contribution in [0.15, 0.2) is 15.9 Å². The third-order valence-corrected chi connectivity index (χ3v) is 3.62. The molecule has 0 rings (SSSR count). The van der Waals surface area contributed by atoms with Crippen LogP contribution >= 0.6 is 0 Å². The molecule has 0 heterocycles. The Morgan fingerprint density at radius 1 is 0.741 bits per heavy atom. The largest absolute Gasteiger partial charge is 0.323 e. The molecule has 0 aliphatic carbocycles. The summed E-state index contributed by atoms with van der Waals surface area (Å²) in [5, 5.41) is 8.88. The predicted octanol–water partition coefficient (Wildman–Crippen LogP) is 8.95. The Morgan fingerprint density at radius 3 is 1.11 bits per heavy atom. The van der Waals surface area contributed by atoms with Crippen LogP contribution in [0.25, 0.3) is 10.6 Å². The fraction of sp³-hybridized carbons (Fsp3) is 0.826. The van der Waals surface area contributed by atoms with E-state index in [9.17, 15) is 0 Å². The minimum Gasteiger partial charge on any atom is -0.323 e. The van der Waals surface area contributed by atoms with Crippen molar-refractivity contribution < 1.29 is 19.6 Å². The normalized spacial score (nSPS) is 10.9. The molecule has 3 nitrogen and oxygen atoms in total. The van der Waals surface area contributed by atoms with E-state index in [1.165, 1.54) is 37.9 Å². The van der Waals surface area contributed by atoms with E-state index in [1.54, 1.807) is 0 Å². The van der Waals surface area contributed by atoms with Crippen LogP contribution in [0.3, 0.4) is 0 Å². The summed E-state index contributed by atoms with van der Waals surface area (Å²) in [6, 6.07) is 0. The van der Waals surface area contributed by atoms with E-state index >= 15 is 0 Å². The van der Waals surface area contributed by atoms with Crippen LogP contribution in [0.1, 0.15) is 109 Å². The first-order chi connectivity index (χ1) is 12.2. The maximum absolute atomic E-state index is 4.44. The summed E-state index contributed by atoms with van der Waals surface area (Å²) in [6.07, 6.45) is 6.94. The maximum atomic E-state index is 4.44. The van der Waals surface area contributed by atoms with Gasteiger partial charge in [-0.3, -0.25) is 0 Å². The number of hydrogen-bond donors (Lipinski definition) is 0. The average Bonchev–Trinajstić information content (AvgIpc) is 2.52. The van der Waals surface area contributed by atoms with Crippen LogP contribution in [-0.4, -0.2) is 17.6 Å². The molecule has 0 spiro atoms. The molecule has 0 amide bonds. The monoisotopic (exact) mass is 551 g/mol. The van der Waals surface area contributed by atoms with Gasteiger partial charge in [0.05, 0.1) is 0 Å². The maximum Gasteiger partial charge on any atom is -0.189 e. The van der Waals surface area contributed by atoms with Crippen LogP contribution in [0.5, 0.6) is 0 Å². The zero-order chi connectivity index (χ0) is 22.5. The molecule has 27 heavy (non-hydrogen) atoms. The van der Waals surface area contributed by atoms with E-state index in [-0.39, 0.29) is 11.1 Å². The standard InChI is InChI=1S/C12H24N2.2C4H9.C3H7N.W/c1-7-11(3,4)13-9-10-14-12(5,6)8-2;2*1-4(2)3;1-2-3-4;/h9-10H,7-8H2,1-6H3;2*1-3H3;2-3H2,1H3;/q-2;2*-1;;/b10-9-;;;;. The van der Waals surface area contributed by atoms with Gasteiger partial charge in [0.25, 0.3) is 0 Å². The Labute approximate surface area is 184 Å². The molecular formula is C23H49N3W-4. The molecule has 166 valence electrons. The summed E-state index contributed by atoms with van der Waals surface area (Å²) in [4.78, 5) is 0. The SMILES string of the molecule is CCC(C)(C)[N-]/C=C\[N-]C(C)(C)CC.CCC[N]=[W].C[C-](C)C.C[C-](C)C. The van der Waals surface area contributed by atoms with Crippen molar-refractivity contribution in [2.24, 2.45) is 3.50 Å². The second kappa shape index (κ2) is 22.1. The first kappa shape index (κ1) is 34.3. The molecular weight excluding hydrogens is 502 g/mol. The second-order valence-corrected chi connectivity index (χ2v) is 9.67. The average molecular weight is 552 g/mol. The molecule has 0 aromatic carbocycles. The van der Waals surface area contributed by atoms with Gasteiger partial charge in [0.1, 0.15) is 0 Å². The van der Waals surface area contributed by atoms with Crippen molar-refractivity contribution in [3.05, 3.63) is 34.9 Å². The zero-order valence-electron chi connectivity index (χ0n) is 20.7. The summed E-state index contributed by atoms with van der Waals surface area (Å²) >= 11 is 1.35. The Balaban J connectivity index is -0.000000166. The molecule has 0 aromatic rings. The van der Waals surface area contributed by atoms with Gasteiger partial charge in [0, 0.05) is 0 Å². The summed E-state index contributed by atoms with van der Waals surface area (Å²) in [6.45, 7) is 28.5. The smallest absolute Gasteiger partial charge is 0.189 e. The van der Waals surface area contributed by atoms with Crippen LogP contribution in [0.4, 0.5) is 0 Å². The topological polar surface area (TPSA) is 40.6 Å². The summed E-state index contributed by atoms with van der Waals surface area (Å²) in [5.41, 5.74) is 0.0881. The Hall–Kier alpha value is -0.172. The second-order valence-electron chi connectivity index (χ2n) is 8.74. The van der Waals surface area contributed by atoms with Crippen molar-refractivity contribution in [2.75, 3.05) is 6.54 Å². The van der Waals surface area contributed by atoms with Crippen molar-refractivity contribution in [1.29, 1.82) is 0 Å². The van der Waals surface area contributed by atoms with E-state index in [1.807, 2.05) is 12.4 Å². The van der Waals surface area contributed by atoms with Gasteiger partial charge >= 0.3 is 43.0 Å². The Morgan fingerprint density at radius 2 is 1.00 bits per heavy atom. The Kier molecular flexibility index (Phi) is 28.1. The number of nitrogens with zero attached hydrogens (tertiary/aromatic N) is 3. The minimum atomic E-state index is 0.0440. The van der Waals surface area contributed by atoms with Gasteiger partial charge in [0.15, 0.2) is 0 Å². The summed E-state index contributed by atoms with van der Waals surface area (Å²) in [5.74, 6) is 2.83. The molecule has 0 N–H and O–H groups in total. The van der Waals surface area contributed by atoms with Gasteiger partial charge < -0.3 is 22.5 Å². The fourth-order valence-corrected chi connectivity index (χ4v) is 1.40. The number of hydrogen-bond acceptors (Lipinski definition) is 1. The quantitative estimate of drug-likeness (QED) is 0.270. The van der Waals surface area contributed by atoms with Gasteiger partial charge in [-0.25, -0.2) is 12.4 Å². The van der Waals surface area contributed by atoms with Crippen molar-refractivity contribution in [3.8, 4) is 0 Å². The van der Waals surface area contributed by atoms with Gasteiger partial charge in [-0.05, 0) is 0 Å². The molecule has 0 atom stereocenters. The van der Waals surface area contributed by atoms with Gasteiger partial charge in [0.2, 0.25) is 0 Å². The fourth-order valence-electron chi connectivity index (χ4n) is 0.744. The van der Waals surface area contributed by atoms with Gasteiger partial charge in [-0.15, -0.1) is 11.1 Å². The van der Waals surface area contributed by atoms with Crippen molar-refractivity contribution in [2.45, 2.75) is 120 Å². The molecule has 0 radical (unpaired) electrons. The van der Waals surface area contributed by atoms with Crippen LogP contribution < -0.4 is 0 Å². The van der Waals surface area contributed by atoms with E-state index in [0.29, 0.717) is 0 Å². The van der Waals surface area contributed by atoms with Crippen molar-refractivity contribution >= 4 is 0 Å². The molecule has 0 aliphatic heterocycles. The first-order valence-corrected chi connectivity index (χ1v) is 11.4. The van der Waals surface area contributed by atoms with E-state index in [0.717, 1.165) is 19.4 Å². The molecule has 4 heteroatoms. The molecule has 0 aromatic heterocycles. The molecule has 0 aliphatic rings.